The first kappa shape index (κ1) is 24.9. The molecule has 0 spiro atoms. The van der Waals surface area contributed by atoms with Gasteiger partial charge in [0.25, 0.3) is 0 Å². The number of aromatic nitrogens is 1. The quantitative estimate of drug-likeness (QED) is 0.343. The highest BCUT2D eigenvalue weighted by molar-refractivity contribution is 5.92. The third-order valence-corrected chi connectivity index (χ3v) is 5.63. The number of ether oxygens (including phenoxy) is 2. The lowest BCUT2D eigenvalue weighted by atomic mass is 10.0. The molecule has 0 fully saturated rings. The lowest BCUT2D eigenvalue weighted by molar-refractivity contribution is -0.137. The van der Waals surface area contributed by atoms with Crippen molar-refractivity contribution in [2.45, 2.75) is 6.18 Å². The summed E-state index contributed by atoms with van der Waals surface area (Å²) in [6, 6.07) is 20.3. The van der Waals surface area contributed by atoms with E-state index in [1.807, 2.05) is 24.3 Å². The van der Waals surface area contributed by atoms with Gasteiger partial charge in [-0.1, -0.05) is 24.3 Å². The number of hydrogen-bond donors (Lipinski definition) is 2. The minimum absolute atomic E-state index is 0.170. The Morgan fingerprint density at radius 3 is 1.97 bits per heavy atom. The molecule has 36 heavy (non-hydrogen) atoms. The summed E-state index contributed by atoms with van der Waals surface area (Å²) >= 11 is 0. The van der Waals surface area contributed by atoms with Crippen LogP contribution < -0.4 is 20.5 Å². The molecule has 0 aliphatic rings. The zero-order valence-corrected chi connectivity index (χ0v) is 19.6. The summed E-state index contributed by atoms with van der Waals surface area (Å²) in [5.41, 5.74) is 8.22. The Kier molecular flexibility index (Phi) is 7.03. The largest absolute Gasteiger partial charge is 0.497 e. The van der Waals surface area contributed by atoms with Crippen molar-refractivity contribution in [2.75, 3.05) is 26.1 Å². The van der Waals surface area contributed by atoms with Crippen LogP contribution in [0.15, 0.2) is 79.0 Å². The minimum atomic E-state index is -4.51. The van der Waals surface area contributed by atoms with E-state index in [-0.39, 0.29) is 12.5 Å². The Morgan fingerprint density at radius 1 is 0.861 bits per heavy atom. The molecule has 0 radical (unpaired) electrons. The van der Waals surface area contributed by atoms with E-state index in [2.05, 4.69) is 5.32 Å². The van der Waals surface area contributed by atoms with Gasteiger partial charge in [-0.15, -0.1) is 0 Å². The summed E-state index contributed by atoms with van der Waals surface area (Å²) in [7, 11) is 3.12. The Hall–Kier alpha value is -4.24. The molecule has 0 atom stereocenters. The van der Waals surface area contributed by atoms with E-state index in [9.17, 15) is 18.0 Å². The van der Waals surface area contributed by atoms with E-state index >= 15 is 0 Å². The molecule has 1 heterocycles. The third-order valence-electron chi connectivity index (χ3n) is 5.63. The molecule has 4 aromatic rings. The lowest BCUT2D eigenvalue weighted by Gasteiger charge is -2.12. The van der Waals surface area contributed by atoms with Crippen LogP contribution >= 0.6 is 0 Å². The number of rotatable bonds is 7. The summed E-state index contributed by atoms with van der Waals surface area (Å²) in [4.78, 5) is 11.5. The van der Waals surface area contributed by atoms with Crippen LogP contribution in [-0.4, -0.2) is 31.2 Å². The summed E-state index contributed by atoms with van der Waals surface area (Å²) < 4.78 is 52.9. The number of carbonyl (C=O) groups excluding carboxylic acids is 1. The van der Waals surface area contributed by atoms with Crippen molar-refractivity contribution in [2.24, 2.45) is 5.73 Å². The van der Waals surface area contributed by atoms with Crippen LogP contribution in [0.1, 0.15) is 5.56 Å². The highest BCUT2D eigenvalue weighted by atomic mass is 19.4. The Bertz CT molecular complexity index is 1340. The van der Waals surface area contributed by atoms with Gasteiger partial charge in [0.2, 0.25) is 5.91 Å². The van der Waals surface area contributed by atoms with E-state index in [1.54, 1.807) is 56.7 Å². The number of alkyl halides is 3. The van der Waals surface area contributed by atoms with Crippen LogP contribution in [0.3, 0.4) is 0 Å². The minimum Gasteiger partial charge on any atom is -0.497 e. The molecule has 0 unspecified atom stereocenters. The average Bonchev–Trinajstić information content (AvgIpc) is 3.35. The SMILES string of the molecule is COc1cc(OC)cc(-c2ccc(-c3cc(C(F)(F)F)cn3-c3ccc(NC(=O)CN)cc3)cc2)c1. The number of nitrogens with zero attached hydrogens (tertiary/aromatic N) is 1. The molecular weight excluding hydrogens is 471 g/mol. The maximum Gasteiger partial charge on any atom is 0.417 e. The van der Waals surface area contributed by atoms with Gasteiger partial charge < -0.3 is 25.1 Å². The molecule has 3 aromatic carbocycles. The second-order valence-electron chi connectivity index (χ2n) is 7.96. The summed E-state index contributed by atoms with van der Waals surface area (Å²) in [5.74, 6) is 0.893. The Morgan fingerprint density at radius 2 is 1.44 bits per heavy atom. The van der Waals surface area contributed by atoms with Gasteiger partial charge in [-0.25, -0.2) is 0 Å². The zero-order chi connectivity index (χ0) is 25.9. The van der Waals surface area contributed by atoms with Gasteiger partial charge in [-0.3, -0.25) is 4.79 Å². The molecule has 1 aromatic heterocycles. The summed E-state index contributed by atoms with van der Waals surface area (Å²) in [6.45, 7) is -0.170. The number of nitrogens with one attached hydrogen (secondary N) is 1. The molecule has 0 aliphatic carbocycles. The normalized spacial score (nSPS) is 11.3. The van der Waals surface area contributed by atoms with E-state index in [0.717, 1.165) is 23.4 Å². The van der Waals surface area contributed by atoms with Crippen molar-refractivity contribution >= 4 is 11.6 Å². The van der Waals surface area contributed by atoms with Gasteiger partial charge in [-0.05, 0) is 59.2 Å². The monoisotopic (exact) mass is 495 g/mol. The first-order valence-electron chi connectivity index (χ1n) is 11.0. The van der Waals surface area contributed by atoms with Gasteiger partial charge in [0.15, 0.2) is 0 Å². The molecule has 3 N–H and O–H groups in total. The second-order valence-corrected chi connectivity index (χ2v) is 7.96. The molecule has 0 saturated carbocycles. The molecule has 186 valence electrons. The summed E-state index contributed by atoms with van der Waals surface area (Å²) in [6.07, 6.45) is -3.45. The van der Waals surface area contributed by atoms with Crippen molar-refractivity contribution in [3.05, 3.63) is 84.6 Å². The number of anilines is 1. The van der Waals surface area contributed by atoms with Gasteiger partial charge in [0.05, 0.1) is 32.0 Å². The fourth-order valence-electron chi connectivity index (χ4n) is 3.78. The highest BCUT2D eigenvalue weighted by Gasteiger charge is 2.33. The number of nitrogens with two attached hydrogens (primary N) is 1. The number of carbonyl (C=O) groups is 1. The maximum atomic E-state index is 13.6. The predicted molar refractivity (Wildman–Crippen MR) is 132 cm³/mol. The van der Waals surface area contributed by atoms with E-state index in [4.69, 9.17) is 15.2 Å². The van der Waals surface area contributed by atoms with Crippen LogP contribution in [0.5, 0.6) is 11.5 Å². The first-order chi connectivity index (χ1) is 17.2. The molecular formula is C27H24F3N3O3. The zero-order valence-electron chi connectivity index (χ0n) is 19.6. The molecule has 0 aliphatic heterocycles. The predicted octanol–water partition coefficient (Wildman–Crippen LogP) is 5.74. The molecule has 6 nitrogen and oxygen atoms in total. The number of hydrogen-bond acceptors (Lipinski definition) is 4. The number of methoxy groups -OCH3 is 2. The van der Waals surface area contributed by atoms with Crippen molar-refractivity contribution in [3.63, 3.8) is 0 Å². The number of amides is 1. The Labute approximate surface area is 206 Å². The van der Waals surface area contributed by atoms with Gasteiger partial charge in [0.1, 0.15) is 11.5 Å². The molecule has 4 rings (SSSR count). The van der Waals surface area contributed by atoms with Gasteiger partial charge in [-0.2, -0.15) is 13.2 Å². The fourth-order valence-corrected chi connectivity index (χ4v) is 3.78. The van der Waals surface area contributed by atoms with E-state index < -0.39 is 11.7 Å². The fraction of sp³-hybridized carbons (Fsp3) is 0.148. The smallest absolute Gasteiger partial charge is 0.417 e. The standard InChI is InChI=1S/C27H24F3N3O3/c1-35-23-11-19(12-24(14-23)36-2)17-3-5-18(6-4-17)25-13-20(27(28,29)30)16-33(25)22-9-7-21(8-10-22)32-26(34)15-31/h3-14,16H,15,31H2,1-2H3,(H,32,34). The van der Waals surface area contributed by atoms with Crippen molar-refractivity contribution < 1.29 is 27.4 Å². The van der Waals surface area contributed by atoms with Gasteiger partial charge in [0, 0.05) is 23.6 Å². The lowest BCUT2D eigenvalue weighted by Crippen LogP contribution is -2.21. The van der Waals surface area contributed by atoms with Crippen molar-refractivity contribution in [3.8, 4) is 39.6 Å². The summed E-state index contributed by atoms with van der Waals surface area (Å²) in [5, 5.41) is 2.61. The topological polar surface area (TPSA) is 78.5 Å². The van der Waals surface area contributed by atoms with Crippen LogP contribution in [0.2, 0.25) is 0 Å². The van der Waals surface area contributed by atoms with Gasteiger partial charge >= 0.3 is 6.18 Å². The molecule has 0 bridgehead atoms. The van der Waals surface area contributed by atoms with E-state index in [0.29, 0.717) is 34.1 Å². The molecule has 0 saturated heterocycles. The van der Waals surface area contributed by atoms with E-state index in [1.165, 1.54) is 4.57 Å². The van der Waals surface area contributed by atoms with Crippen LogP contribution in [0.4, 0.5) is 18.9 Å². The highest BCUT2D eigenvalue weighted by Crippen LogP contribution is 2.37. The van der Waals surface area contributed by atoms with Crippen LogP contribution in [0, 0.1) is 0 Å². The average molecular weight is 496 g/mol. The van der Waals surface area contributed by atoms with Crippen LogP contribution in [-0.2, 0) is 11.0 Å². The third kappa shape index (κ3) is 5.36. The van der Waals surface area contributed by atoms with Crippen LogP contribution in [0.25, 0.3) is 28.1 Å². The Balaban J connectivity index is 1.72. The second kappa shape index (κ2) is 10.2. The molecule has 9 heteroatoms. The maximum absolute atomic E-state index is 13.6. The first-order valence-corrected chi connectivity index (χ1v) is 11.0. The van der Waals surface area contributed by atoms with Crippen molar-refractivity contribution in [1.82, 2.24) is 4.57 Å². The number of benzene rings is 3. The van der Waals surface area contributed by atoms with Crippen molar-refractivity contribution in [1.29, 1.82) is 0 Å². The number of halogens is 3. The molecule has 1 amide bonds.